The van der Waals surface area contributed by atoms with Crippen molar-refractivity contribution in [3.05, 3.63) is 101 Å². The maximum absolute atomic E-state index is 12.6. The van der Waals surface area contributed by atoms with Crippen LogP contribution in [-0.2, 0) is 27.3 Å². The molecular weight excluding hydrogens is 508 g/mol. The molecule has 0 radical (unpaired) electrons. The summed E-state index contributed by atoms with van der Waals surface area (Å²) in [6, 6.07) is 22.4. The number of likely N-dealkylation sites (tertiary alicyclic amines) is 1. The Morgan fingerprint density at radius 1 is 0.975 bits per heavy atom. The Morgan fingerprint density at radius 2 is 1.70 bits per heavy atom. The molecule has 2 aliphatic heterocycles. The number of anilines is 1. The second-order valence-electron chi connectivity index (χ2n) is 10.7. The van der Waals surface area contributed by atoms with Gasteiger partial charge in [0.1, 0.15) is 0 Å². The van der Waals surface area contributed by atoms with Crippen LogP contribution in [-0.4, -0.2) is 58.6 Å². The van der Waals surface area contributed by atoms with E-state index < -0.39 is 6.29 Å². The van der Waals surface area contributed by atoms with Crippen LogP contribution >= 0.6 is 0 Å². The Balaban J connectivity index is 1.26. The Labute approximate surface area is 234 Å². The van der Waals surface area contributed by atoms with Crippen molar-refractivity contribution in [1.82, 2.24) is 4.90 Å². The summed E-state index contributed by atoms with van der Waals surface area (Å²) >= 11 is 0. The number of rotatable bonds is 9. The first-order valence-corrected chi connectivity index (χ1v) is 13.8. The quantitative estimate of drug-likeness (QED) is 0.347. The first-order chi connectivity index (χ1) is 19.4. The summed E-state index contributed by atoms with van der Waals surface area (Å²) in [5, 5.41) is 22.3. The van der Waals surface area contributed by atoms with Gasteiger partial charge in [-0.05, 0) is 42.2 Å². The van der Waals surface area contributed by atoms with E-state index in [1.807, 2.05) is 48.5 Å². The molecule has 2 heterocycles. The number of hydrogen-bond acceptors (Lipinski definition) is 7. The number of hydrogen-bond donors (Lipinski definition) is 3. The molecule has 2 aliphatic rings. The maximum Gasteiger partial charge on any atom is 0.228 e. The van der Waals surface area contributed by atoms with Crippen molar-refractivity contribution in [1.29, 1.82) is 0 Å². The van der Waals surface area contributed by atoms with E-state index in [0.29, 0.717) is 30.8 Å². The molecular formula is C32H36N2O6. The largest absolute Gasteiger partial charge is 0.392 e. The zero-order valence-corrected chi connectivity index (χ0v) is 22.7. The van der Waals surface area contributed by atoms with Gasteiger partial charge in [0.25, 0.3) is 0 Å². The predicted octanol–water partition coefficient (Wildman–Crippen LogP) is 4.17. The maximum atomic E-state index is 12.6. The predicted molar refractivity (Wildman–Crippen MR) is 151 cm³/mol. The number of nitrogens with one attached hydrogen (secondary N) is 1. The molecule has 1 amide bonds. The molecule has 4 atom stereocenters. The van der Waals surface area contributed by atoms with E-state index in [2.05, 4.69) is 10.2 Å². The van der Waals surface area contributed by atoms with Gasteiger partial charge < -0.3 is 25.0 Å². The van der Waals surface area contributed by atoms with Gasteiger partial charge in [-0.1, -0.05) is 60.7 Å². The van der Waals surface area contributed by atoms with Crippen molar-refractivity contribution in [3.63, 3.8) is 0 Å². The number of aliphatic hydroxyl groups is 2. The average molecular weight is 545 g/mol. The molecule has 210 valence electrons. The Kier molecular flexibility index (Phi) is 9.04. The molecule has 2 saturated heterocycles. The van der Waals surface area contributed by atoms with Gasteiger partial charge in [0.2, 0.25) is 5.91 Å². The molecule has 0 bridgehead atoms. The minimum Gasteiger partial charge on any atom is -0.392 e. The van der Waals surface area contributed by atoms with Crippen molar-refractivity contribution >= 4 is 17.4 Å². The van der Waals surface area contributed by atoms with Crippen LogP contribution in [0.1, 0.15) is 64.8 Å². The van der Waals surface area contributed by atoms with Gasteiger partial charge in [-0.25, -0.2) is 0 Å². The van der Waals surface area contributed by atoms with Crippen LogP contribution in [0.5, 0.6) is 0 Å². The number of nitrogens with zero attached hydrogens (tertiary/aromatic N) is 1. The third-order valence-electron chi connectivity index (χ3n) is 7.49. The molecule has 1 unspecified atom stereocenters. The van der Waals surface area contributed by atoms with Gasteiger partial charge in [-0.3, -0.25) is 14.5 Å². The highest BCUT2D eigenvalue weighted by atomic mass is 16.7. The Morgan fingerprint density at radius 3 is 2.38 bits per heavy atom. The van der Waals surface area contributed by atoms with Crippen molar-refractivity contribution in [2.75, 3.05) is 25.0 Å². The van der Waals surface area contributed by atoms with Crippen molar-refractivity contribution in [2.24, 2.45) is 0 Å². The van der Waals surface area contributed by atoms with Crippen molar-refractivity contribution < 1.29 is 29.3 Å². The molecule has 2 fully saturated rings. The molecule has 0 aliphatic carbocycles. The van der Waals surface area contributed by atoms with Gasteiger partial charge in [-0.2, -0.15) is 0 Å². The topological polar surface area (TPSA) is 108 Å². The number of carbonyl (C=O) groups is 2. The van der Waals surface area contributed by atoms with E-state index in [-0.39, 0.29) is 43.0 Å². The van der Waals surface area contributed by atoms with Crippen LogP contribution in [0.2, 0.25) is 0 Å². The summed E-state index contributed by atoms with van der Waals surface area (Å²) < 4.78 is 12.8. The molecule has 0 aromatic heterocycles. The van der Waals surface area contributed by atoms with E-state index in [1.165, 1.54) is 6.92 Å². The normalized spacial score (nSPS) is 23.2. The highest BCUT2D eigenvalue weighted by Gasteiger charge is 2.34. The molecule has 40 heavy (non-hydrogen) atoms. The summed E-state index contributed by atoms with van der Waals surface area (Å²) in [6.45, 7) is 3.70. The number of β-amino-alcohol motifs (C(OH)–C–C–N with tert-alkyl or cyclic N) is 1. The fourth-order valence-corrected chi connectivity index (χ4v) is 5.30. The number of ether oxygens (including phenoxy) is 2. The van der Waals surface area contributed by atoms with Gasteiger partial charge >= 0.3 is 0 Å². The second kappa shape index (κ2) is 12.8. The summed E-state index contributed by atoms with van der Waals surface area (Å²) in [6.07, 6.45) is 0.520. The molecule has 3 aromatic carbocycles. The van der Waals surface area contributed by atoms with Gasteiger partial charge in [-0.15, -0.1) is 0 Å². The number of carbonyl (C=O) groups excluding carboxylic acids is 2. The van der Waals surface area contributed by atoms with E-state index in [4.69, 9.17) is 9.47 Å². The standard InChI is InChI=1S/C32H36N2O6/c1-21(36)26-3-2-4-27(16-26)33-31(38)15-22-5-11-25(12-6-22)32-39-29(19-34-14-13-28(37)18-34)17-30(40-32)24-9-7-23(20-35)8-10-24/h2-12,16,28-30,32,35,37H,13-15,17-20H2,1H3,(H,33,38)/t28-,29+,30-,32?/m1/s1. The number of benzene rings is 3. The van der Waals surface area contributed by atoms with Crippen molar-refractivity contribution in [2.45, 2.75) is 57.4 Å². The average Bonchev–Trinajstić information content (AvgIpc) is 3.37. The minimum atomic E-state index is -0.578. The smallest absolute Gasteiger partial charge is 0.228 e. The zero-order chi connectivity index (χ0) is 28.1. The first kappa shape index (κ1) is 28.1. The van der Waals surface area contributed by atoms with Crippen LogP contribution in [0.15, 0.2) is 72.8 Å². The number of Topliss-reactive ketones (excluding diaryl/α,β-unsaturated/α-hetero) is 1. The molecule has 5 rings (SSSR count). The monoisotopic (exact) mass is 544 g/mol. The molecule has 0 saturated carbocycles. The van der Waals surface area contributed by atoms with Crippen molar-refractivity contribution in [3.8, 4) is 0 Å². The van der Waals surface area contributed by atoms with E-state index in [9.17, 15) is 19.8 Å². The second-order valence-corrected chi connectivity index (χ2v) is 10.7. The van der Waals surface area contributed by atoms with Gasteiger partial charge in [0.15, 0.2) is 12.1 Å². The third-order valence-corrected chi connectivity index (χ3v) is 7.49. The SMILES string of the molecule is CC(=O)c1cccc(NC(=O)Cc2ccc(C3O[C@H](CN4CC[C@@H](O)C4)C[C@H](c4ccc(CO)cc4)O3)cc2)c1. The van der Waals surface area contributed by atoms with Crippen LogP contribution in [0.25, 0.3) is 0 Å². The highest BCUT2D eigenvalue weighted by Crippen LogP contribution is 2.38. The number of ketones is 1. The Hall–Kier alpha value is -3.40. The lowest BCUT2D eigenvalue weighted by atomic mass is 9.99. The lowest BCUT2D eigenvalue weighted by molar-refractivity contribution is -0.252. The highest BCUT2D eigenvalue weighted by molar-refractivity contribution is 5.97. The molecule has 8 nitrogen and oxygen atoms in total. The number of amides is 1. The summed E-state index contributed by atoms with van der Waals surface area (Å²) in [5.41, 5.74) is 4.73. The lowest BCUT2D eigenvalue weighted by Crippen LogP contribution is -2.38. The molecule has 0 spiro atoms. The van der Waals surface area contributed by atoms with Gasteiger partial charge in [0.05, 0.1) is 31.3 Å². The van der Waals surface area contributed by atoms with Crippen LogP contribution in [0, 0.1) is 0 Å². The summed E-state index contributed by atoms with van der Waals surface area (Å²) in [7, 11) is 0. The Bertz CT molecular complexity index is 1310. The number of aliphatic hydroxyl groups excluding tert-OH is 2. The molecule has 3 aromatic rings. The zero-order valence-electron chi connectivity index (χ0n) is 22.7. The minimum absolute atomic E-state index is 0.00732. The van der Waals surface area contributed by atoms with Crippen LogP contribution in [0.3, 0.4) is 0 Å². The molecule has 8 heteroatoms. The fourth-order valence-electron chi connectivity index (χ4n) is 5.30. The van der Waals surface area contributed by atoms with E-state index in [0.717, 1.165) is 35.2 Å². The summed E-state index contributed by atoms with van der Waals surface area (Å²) in [4.78, 5) is 26.5. The fraction of sp³-hybridized carbons (Fsp3) is 0.375. The van der Waals surface area contributed by atoms with Crippen LogP contribution in [0.4, 0.5) is 5.69 Å². The third kappa shape index (κ3) is 7.21. The van der Waals surface area contributed by atoms with E-state index in [1.54, 1.807) is 24.3 Å². The van der Waals surface area contributed by atoms with Gasteiger partial charge in [0, 0.05) is 42.9 Å². The molecule has 3 N–H and O–H groups in total. The van der Waals surface area contributed by atoms with Crippen LogP contribution < -0.4 is 5.32 Å². The summed E-state index contributed by atoms with van der Waals surface area (Å²) in [5.74, 6) is -0.221. The first-order valence-electron chi connectivity index (χ1n) is 13.8. The van der Waals surface area contributed by atoms with E-state index >= 15 is 0 Å². The lowest BCUT2D eigenvalue weighted by Gasteiger charge is -2.37.